The Labute approximate surface area is 161 Å². The second-order valence-corrected chi connectivity index (χ2v) is 6.85. The summed E-state index contributed by atoms with van der Waals surface area (Å²) in [5, 5.41) is 3.42. The number of rotatable bonds is 7. The Morgan fingerprint density at radius 3 is 2.63 bits per heavy atom. The Hall–Kier alpha value is -2.93. The van der Waals surface area contributed by atoms with Crippen molar-refractivity contribution in [3.63, 3.8) is 0 Å². The standard InChI is InChI=1S/C20H20N2O4S/c1-3-26-15-9-10-16-17(12-15)27-20(21-16)22-18(23)11-6-13-4-7-14(8-5-13)19(24)25-2/h4-5,7-10,12H,3,6,11H2,1-2H3,(H,21,22,23). The van der Waals surface area contributed by atoms with Gasteiger partial charge in [-0.3, -0.25) is 4.79 Å². The predicted molar refractivity (Wildman–Crippen MR) is 106 cm³/mol. The molecule has 140 valence electrons. The summed E-state index contributed by atoms with van der Waals surface area (Å²) in [6, 6.07) is 12.7. The number of nitrogens with one attached hydrogen (secondary N) is 1. The van der Waals surface area contributed by atoms with E-state index >= 15 is 0 Å². The van der Waals surface area contributed by atoms with Gasteiger partial charge in [0.15, 0.2) is 5.13 Å². The molecule has 0 aliphatic heterocycles. The maximum Gasteiger partial charge on any atom is 0.337 e. The summed E-state index contributed by atoms with van der Waals surface area (Å²) in [6.45, 7) is 2.54. The van der Waals surface area contributed by atoms with Crippen molar-refractivity contribution in [2.75, 3.05) is 19.0 Å². The number of carbonyl (C=O) groups excluding carboxylic acids is 2. The van der Waals surface area contributed by atoms with Gasteiger partial charge in [0, 0.05) is 6.42 Å². The van der Waals surface area contributed by atoms with Crippen LogP contribution >= 0.6 is 11.3 Å². The van der Waals surface area contributed by atoms with E-state index in [2.05, 4.69) is 15.0 Å². The number of thiazole rings is 1. The average molecular weight is 384 g/mol. The number of hydrogen-bond donors (Lipinski definition) is 1. The molecule has 6 nitrogen and oxygen atoms in total. The van der Waals surface area contributed by atoms with E-state index in [1.807, 2.05) is 37.3 Å². The number of amides is 1. The Morgan fingerprint density at radius 1 is 1.15 bits per heavy atom. The lowest BCUT2D eigenvalue weighted by Gasteiger charge is -2.04. The molecule has 7 heteroatoms. The van der Waals surface area contributed by atoms with E-state index in [4.69, 9.17) is 4.74 Å². The number of carbonyl (C=O) groups is 2. The van der Waals surface area contributed by atoms with Gasteiger partial charge in [-0.1, -0.05) is 23.5 Å². The molecule has 27 heavy (non-hydrogen) atoms. The third kappa shape index (κ3) is 4.83. The number of aryl methyl sites for hydroxylation is 1. The summed E-state index contributed by atoms with van der Waals surface area (Å²) in [5.74, 6) is 0.320. The van der Waals surface area contributed by atoms with Gasteiger partial charge in [-0.15, -0.1) is 0 Å². The molecule has 1 amide bonds. The summed E-state index contributed by atoms with van der Waals surface area (Å²) in [4.78, 5) is 28.1. The van der Waals surface area contributed by atoms with Crippen molar-refractivity contribution >= 4 is 38.6 Å². The first kappa shape index (κ1) is 18.8. The molecule has 0 aliphatic carbocycles. The van der Waals surface area contributed by atoms with Gasteiger partial charge in [-0.2, -0.15) is 0 Å². The van der Waals surface area contributed by atoms with E-state index in [1.165, 1.54) is 18.4 Å². The lowest BCUT2D eigenvalue weighted by atomic mass is 10.1. The van der Waals surface area contributed by atoms with Gasteiger partial charge >= 0.3 is 5.97 Å². The number of anilines is 1. The van der Waals surface area contributed by atoms with Gasteiger partial charge in [-0.05, 0) is 49.2 Å². The first-order valence-electron chi connectivity index (χ1n) is 8.59. The zero-order valence-electron chi connectivity index (χ0n) is 15.2. The topological polar surface area (TPSA) is 77.5 Å². The van der Waals surface area contributed by atoms with Gasteiger partial charge < -0.3 is 14.8 Å². The fourth-order valence-corrected chi connectivity index (χ4v) is 3.49. The van der Waals surface area contributed by atoms with Crippen molar-refractivity contribution in [1.82, 2.24) is 4.98 Å². The number of benzene rings is 2. The zero-order chi connectivity index (χ0) is 19.2. The fraction of sp³-hybridized carbons (Fsp3) is 0.250. The van der Waals surface area contributed by atoms with Crippen molar-refractivity contribution in [2.24, 2.45) is 0 Å². The van der Waals surface area contributed by atoms with E-state index < -0.39 is 0 Å². The molecule has 1 N–H and O–H groups in total. The molecule has 0 fully saturated rings. The molecule has 1 heterocycles. The second-order valence-electron chi connectivity index (χ2n) is 5.82. The van der Waals surface area contributed by atoms with Gasteiger partial charge in [0.05, 0.1) is 29.5 Å². The number of ether oxygens (including phenoxy) is 2. The SMILES string of the molecule is CCOc1ccc2nc(NC(=O)CCc3ccc(C(=O)OC)cc3)sc2c1. The lowest BCUT2D eigenvalue weighted by molar-refractivity contribution is -0.116. The normalized spacial score (nSPS) is 10.6. The summed E-state index contributed by atoms with van der Waals surface area (Å²) >= 11 is 1.42. The maximum absolute atomic E-state index is 12.2. The molecule has 0 unspecified atom stereocenters. The first-order chi connectivity index (χ1) is 13.1. The van der Waals surface area contributed by atoms with E-state index in [0.717, 1.165) is 21.5 Å². The van der Waals surface area contributed by atoms with Crippen LogP contribution in [-0.2, 0) is 16.0 Å². The summed E-state index contributed by atoms with van der Waals surface area (Å²) in [5.41, 5.74) is 2.30. The van der Waals surface area contributed by atoms with Crippen LogP contribution in [-0.4, -0.2) is 30.6 Å². The Balaban J connectivity index is 1.57. The minimum absolute atomic E-state index is 0.101. The molecule has 0 radical (unpaired) electrons. The second kappa shape index (κ2) is 8.64. The van der Waals surface area contributed by atoms with Crippen LogP contribution in [0.15, 0.2) is 42.5 Å². The minimum atomic E-state index is -0.373. The number of fused-ring (bicyclic) bond motifs is 1. The highest BCUT2D eigenvalue weighted by Crippen LogP contribution is 2.29. The van der Waals surface area contributed by atoms with Gasteiger partial charge in [0.1, 0.15) is 5.75 Å². The zero-order valence-corrected chi connectivity index (χ0v) is 16.0. The Kier molecular flexibility index (Phi) is 6.03. The summed E-state index contributed by atoms with van der Waals surface area (Å²) in [7, 11) is 1.35. The van der Waals surface area contributed by atoms with E-state index in [0.29, 0.717) is 30.1 Å². The lowest BCUT2D eigenvalue weighted by Crippen LogP contribution is -2.12. The summed E-state index contributed by atoms with van der Waals surface area (Å²) in [6.07, 6.45) is 0.907. The molecule has 0 saturated carbocycles. The highest BCUT2D eigenvalue weighted by molar-refractivity contribution is 7.22. The van der Waals surface area contributed by atoms with Gasteiger partial charge in [0.2, 0.25) is 5.91 Å². The molecular formula is C20H20N2O4S. The maximum atomic E-state index is 12.2. The van der Waals surface area contributed by atoms with Crippen molar-refractivity contribution in [1.29, 1.82) is 0 Å². The van der Waals surface area contributed by atoms with Crippen molar-refractivity contribution in [2.45, 2.75) is 19.8 Å². The molecule has 3 aromatic rings. The number of esters is 1. The van der Waals surface area contributed by atoms with Crippen molar-refractivity contribution < 1.29 is 19.1 Å². The fourth-order valence-electron chi connectivity index (χ4n) is 2.58. The van der Waals surface area contributed by atoms with Crippen molar-refractivity contribution in [3.05, 3.63) is 53.6 Å². The van der Waals surface area contributed by atoms with Crippen LogP contribution in [0.3, 0.4) is 0 Å². The highest BCUT2D eigenvalue weighted by Gasteiger charge is 2.10. The van der Waals surface area contributed by atoms with E-state index in [-0.39, 0.29) is 11.9 Å². The third-order valence-electron chi connectivity index (χ3n) is 3.93. The number of methoxy groups -OCH3 is 1. The number of nitrogens with zero attached hydrogens (tertiary/aromatic N) is 1. The molecular weight excluding hydrogens is 364 g/mol. The van der Waals surface area contributed by atoms with Crippen molar-refractivity contribution in [3.8, 4) is 5.75 Å². The third-order valence-corrected chi connectivity index (χ3v) is 4.87. The Morgan fingerprint density at radius 2 is 1.93 bits per heavy atom. The van der Waals surface area contributed by atoms with Crippen LogP contribution in [0.4, 0.5) is 5.13 Å². The molecule has 3 rings (SSSR count). The number of aromatic nitrogens is 1. The average Bonchev–Trinajstić information content (AvgIpc) is 3.08. The molecule has 0 saturated heterocycles. The molecule has 0 atom stereocenters. The molecule has 2 aromatic carbocycles. The quantitative estimate of drug-likeness (QED) is 0.622. The van der Waals surface area contributed by atoms with Crippen LogP contribution in [0.25, 0.3) is 10.2 Å². The largest absolute Gasteiger partial charge is 0.494 e. The summed E-state index contributed by atoms with van der Waals surface area (Å²) < 4.78 is 11.1. The van der Waals surface area contributed by atoms with E-state index in [1.54, 1.807) is 12.1 Å². The monoisotopic (exact) mass is 384 g/mol. The number of hydrogen-bond acceptors (Lipinski definition) is 6. The molecule has 0 bridgehead atoms. The van der Waals surface area contributed by atoms with Crippen LogP contribution in [0.1, 0.15) is 29.3 Å². The van der Waals surface area contributed by atoms with Gasteiger partial charge in [-0.25, -0.2) is 9.78 Å². The highest BCUT2D eigenvalue weighted by atomic mass is 32.1. The molecule has 0 aliphatic rings. The predicted octanol–water partition coefficient (Wildman–Crippen LogP) is 4.05. The smallest absolute Gasteiger partial charge is 0.337 e. The first-order valence-corrected chi connectivity index (χ1v) is 9.41. The van der Waals surface area contributed by atoms with Crippen LogP contribution in [0, 0.1) is 0 Å². The van der Waals surface area contributed by atoms with E-state index in [9.17, 15) is 9.59 Å². The van der Waals surface area contributed by atoms with Crippen LogP contribution in [0.5, 0.6) is 5.75 Å². The van der Waals surface area contributed by atoms with Gasteiger partial charge in [0.25, 0.3) is 0 Å². The minimum Gasteiger partial charge on any atom is -0.494 e. The molecule has 0 spiro atoms. The van der Waals surface area contributed by atoms with Crippen LogP contribution < -0.4 is 10.1 Å². The molecule has 1 aromatic heterocycles. The van der Waals surface area contributed by atoms with Crippen LogP contribution in [0.2, 0.25) is 0 Å². The Bertz CT molecular complexity index is 950.